The normalized spacial score (nSPS) is 35.3. The van der Waals surface area contributed by atoms with Crippen molar-refractivity contribution in [3.05, 3.63) is 0 Å². The summed E-state index contributed by atoms with van der Waals surface area (Å²) in [5.74, 6) is 0. The molecule has 0 N–H and O–H groups in total. The minimum absolute atomic E-state index is 0.0278. The molecule has 54 valence electrons. The first-order valence-electron chi connectivity index (χ1n) is 3.02. The fourth-order valence-corrected chi connectivity index (χ4v) is 1.58. The summed E-state index contributed by atoms with van der Waals surface area (Å²) in [6.45, 7) is 1.56. The summed E-state index contributed by atoms with van der Waals surface area (Å²) in [6, 6.07) is 0. The van der Waals surface area contributed by atoms with E-state index in [4.69, 9.17) is 9.47 Å². The number of rotatable bonds is 2. The first-order valence-corrected chi connectivity index (χ1v) is 4.14. The Hall–Kier alpha value is 0.400. The molecule has 0 spiro atoms. The average Bonchev–Trinajstić information content (AvgIpc) is 2.36. The van der Waals surface area contributed by atoms with Gasteiger partial charge in [-0.15, -0.1) is 0 Å². The third-order valence-electron chi connectivity index (χ3n) is 1.74. The number of hydrogen-bond acceptors (Lipinski definition) is 2. The van der Waals surface area contributed by atoms with Crippen LogP contribution in [0, 0.1) is 0 Å². The van der Waals surface area contributed by atoms with Gasteiger partial charge in [0.25, 0.3) is 0 Å². The molecule has 0 bridgehead atoms. The summed E-state index contributed by atoms with van der Waals surface area (Å²) < 4.78 is 10.5. The zero-order chi connectivity index (χ0) is 6.74. The van der Waals surface area contributed by atoms with Crippen LogP contribution in [-0.4, -0.2) is 31.3 Å². The summed E-state index contributed by atoms with van der Waals surface area (Å²) in [6.07, 6.45) is 1.01. The molecule has 3 heteroatoms. The first kappa shape index (κ1) is 7.51. The molecular formula is C6H11BrO2. The number of hydrogen-bond donors (Lipinski definition) is 0. The van der Waals surface area contributed by atoms with Gasteiger partial charge in [-0.3, -0.25) is 0 Å². The monoisotopic (exact) mass is 194 g/mol. The Balaban J connectivity index is 2.45. The zero-order valence-electron chi connectivity index (χ0n) is 5.52. The van der Waals surface area contributed by atoms with Crippen molar-refractivity contribution in [2.24, 2.45) is 0 Å². The third kappa shape index (κ3) is 1.45. The second-order valence-corrected chi connectivity index (χ2v) is 2.88. The fourth-order valence-electron chi connectivity index (χ4n) is 0.909. The molecule has 0 aromatic rings. The smallest absolute Gasteiger partial charge is 0.103 e. The van der Waals surface area contributed by atoms with E-state index in [1.165, 1.54) is 0 Å². The SMILES string of the molecule is CO[C@@]1(CBr)CCOC1. The second-order valence-electron chi connectivity index (χ2n) is 2.32. The van der Waals surface area contributed by atoms with E-state index in [9.17, 15) is 0 Å². The minimum Gasteiger partial charge on any atom is -0.378 e. The molecule has 0 aromatic heterocycles. The van der Waals surface area contributed by atoms with Gasteiger partial charge in [0.05, 0.1) is 6.61 Å². The van der Waals surface area contributed by atoms with E-state index < -0.39 is 0 Å². The van der Waals surface area contributed by atoms with Crippen molar-refractivity contribution in [2.75, 3.05) is 25.7 Å². The molecule has 1 aliphatic rings. The van der Waals surface area contributed by atoms with Gasteiger partial charge in [-0.2, -0.15) is 0 Å². The summed E-state index contributed by atoms with van der Waals surface area (Å²) in [5, 5.41) is 0.872. The molecule has 1 rings (SSSR count). The van der Waals surface area contributed by atoms with Crippen LogP contribution < -0.4 is 0 Å². The predicted octanol–water partition coefficient (Wildman–Crippen LogP) is 1.19. The Kier molecular flexibility index (Phi) is 2.50. The van der Waals surface area contributed by atoms with Crippen molar-refractivity contribution < 1.29 is 9.47 Å². The van der Waals surface area contributed by atoms with Gasteiger partial charge >= 0.3 is 0 Å². The van der Waals surface area contributed by atoms with Crippen LogP contribution in [0.5, 0.6) is 0 Å². The predicted molar refractivity (Wildman–Crippen MR) is 39.0 cm³/mol. The van der Waals surface area contributed by atoms with Gasteiger partial charge in [0.15, 0.2) is 0 Å². The Morgan fingerprint density at radius 3 is 2.78 bits per heavy atom. The minimum atomic E-state index is -0.0278. The first-order chi connectivity index (χ1) is 4.33. The molecule has 0 aliphatic carbocycles. The molecule has 0 radical (unpaired) electrons. The maximum atomic E-state index is 5.28. The molecule has 0 amide bonds. The zero-order valence-corrected chi connectivity index (χ0v) is 7.11. The highest BCUT2D eigenvalue weighted by atomic mass is 79.9. The van der Waals surface area contributed by atoms with E-state index in [0.29, 0.717) is 0 Å². The fraction of sp³-hybridized carbons (Fsp3) is 1.00. The molecule has 1 atom stereocenters. The highest BCUT2D eigenvalue weighted by Crippen LogP contribution is 2.23. The molecule has 0 unspecified atom stereocenters. The van der Waals surface area contributed by atoms with Crippen LogP contribution in [0.25, 0.3) is 0 Å². The topological polar surface area (TPSA) is 18.5 Å². The lowest BCUT2D eigenvalue weighted by Crippen LogP contribution is -2.33. The standard InChI is InChI=1S/C6H11BrO2/c1-8-6(4-7)2-3-9-5-6/h2-5H2,1H3/t6-/m1/s1. The van der Waals surface area contributed by atoms with Gasteiger partial charge < -0.3 is 9.47 Å². The van der Waals surface area contributed by atoms with Crippen molar-refractivity contribution in [3.63, 3.8) is 0 Å². The lowest BCUT2D eigenvalue weighted by molar-refractivity contribution is 0.00330. The second kappa shape index (κ2) is 2.99. The van der Waals surface area contributed by atoms with Crippen molar-refractivity contribution in [1.82, 2.24) is 0 Å². The molecule has 1 heterocycles. The van der Waals surface area contributed by atoms with E-state index in [1.807, 2.05) is 0 Å². The van der Waals surface area contributed by atoms with E-state index in [-0.39, 0.29) is 5.60 Å². The Morgan fingerprint density at radius 2 is 2.56 bits per heavy atom. The van der Waals surface area contributed by atoms with Crippen LogP contribution in [0.3, 0.4) is 0 Å². The molecule has 1 saturated heterocycles. The number of halogens is 1. The third-order valence-corrected chi connectivity index (χ3v) is 2.77. The molecule has 2 nitrogen and oxygen atoms in total. The maximum Gasteiger partial charge on any atom is 0.103 e. The Bertz CT molecular complexity index is 83.1. The lowest BCUT2D eigenvalue weighted by Gasteiger charge is -2.21. The summed E-state index contributed by atoms with van der Waals surface area (Å²) >= 11 is 3.39. The number of alkyl halides is 1. The van der Waals surface area contributed by atoms with Crippen molar-refractivity contribution in [1.29, 1.82) is 0 Å². The molecule has 9 heavy (non-hydrogen) atoms. The molecule has 1 fully saturated rings. The van der Waals surface area contributed by atoms with Crippen LogP contribution in [0.4, 0.5) is 0 Å². The summed E-state index contributed by atoms with van der Waals surface area (Å²) in [5.41, 5.74) is -0.0278. The van der Waals surface area contributed by atoms with Gasteiger partial charge in [-0.05, 0) is 0 Å². The van der Waals surface area contributed by atoms with E-state index >= 15 is 0 Å². The van der Waals surface area contributed by atoms with Crippen LogP contribution in [-0.2, 0) is 9.47 Å². The van der Waals surface area contributed by atoms with Crippen molar-refractivity contribution >= 4 is 15.9 Å². The van der Waals surface area contributed by atoms with Gasteiger partial charge in [-0.1, -0.05) is 15.9 Å². The van der Waals surface area contributed by atoms with Crippen LogP contribution >= 0.6 is 15.9 Å². The number of ether oxygens (including phenoxy) is 2. The maximum absolute atomic E-state index is 5.28. The van der Waals surface area contributed by atoms with Gasteiger partial charge in [-0.25, -0.2) is 0 Å². The number of methoxy groups -OCH3 is 1. The quantitative estimate of drug-likeness (QED) is 0.616. The largest absolute Gasteiger partial charge is 0.378 e. The molecule has 1 aliphatic heterocycles. The van der Waals surface area contributed by atoms with Gasteiger partial charge in [0.2, 0.25) is 0 Å². The van der Waals surface area contributed by atoms with Gasteiger partial charge in [0.1, 0.15) is 5.60 Å². The van der Waals surface area contributed by atoms with E-state index in [1.54, 1.807) is 7.11 Å². The van der Waals surface area contributed by atoms with E-state index in [2.05, 4.69) is 15.9 Å². The summed E-state index contributed by atoms with van der Waals surface area (Å²) in [4.78, 5) is 0. The Morgan fingerprint density at radius 1 is 1.78 bits per heavy atom. The summed E-state index contributed by atoms with van der Waals surface area (Å²) in [7, 11) is 1.73. The molecule has 0 saturated carbocycles. The van der Waals surface area contributed by atoms with Crippen molar-refractivity contribution in [2.45, 2.75) is 12.0 Å². The van der Waals surface area contributed by atoms with E-state index in [0.717, 1.165) is 25.0 Å². The average molecular weight is 195 g/mol. The highest BCUT2D eigenvalue weighted by Gasteiger charge is 2.33. The molecule has 0 aromatic carbocycles. The Labute approximate surface area is 63.7 Å². The van der Waals surface area contributed by atoms with Crippen LogP contribution in [0.2, 0.25) is 0 Å². The molecular weight excluding hydrogens is 184 g/mol. The highest BCUT2D eigenvalue weighted by molar-refractivity contribution is 9.09. The lowest BCUT2D eigenvalue weighted by atomic mass is 10.1. The van der Waals surface area contributed by atoms with Gasteiger partial charge in [0, 0.05) is 25.5 Å². The van der Waals surface area contributed by atoms with Crippen molar-refractivity contribution in [3.8, 4) is 0 Å². The van der Waals surface area contributed by atoms with Crippen LogP contribution in [0.1, 0.15) is 6.42 Å². The van der Waals surface area contributed by atoms with Crippen LogP contribution in [0.15, 0.2) is 0 Å².